The monoisotopic (exact) mass is 301 g/mol. The summed E-state index contributed by atoms with van der Waals surface area (Å²) in [6.45, 7) is 2.91. The van der Waals surface area contributed by atoms with E-state index in [1.807, 2.05) is 6.92 Å². The number of piperazine rings is 1. The van der Waals surface area contributed by atoms with E-state index < -0.39 is 17.8 Å². The van der Waals surface area contributed by atoms with Gasteiger partial charge in [-0.05, 0) is 24.1 Å². The number of anilines is 1. The molecule has 7 heteroatoms. The first-order chi connectivity index (χ1) is 9.82. The summed E-state index contributed by atoms with van der Waals surface area (Å²) >= 11 is 0. The highest BCUT2D eigenvalue weighted by Crippen LogP contribution is 2.34. The van der Waals surface area contributed by atoms with Gasteiger partial charge in [-0.2, -0.15) is 13.2 Å². The van der Waals surface area contributed by atoms with Gasteiger partial charge in [0.25, 0.3) is 0 Å². The van der Waals surface area contributed by atoms with E-state index in [-0.39, 0.29) is 23.7 Å². The van der Waals surface area contributed by atoms with Crippen molar-refractivity contribution in [2.75, 3.05) is 18.8 Å². The number of nitrogens with one attached hydrogen (secondary N) is 1. The fraction of sp³-hybridized carbons (Fsp3) is 0.500. The normalized spacial score (nSPS) is 20.4. The van der Waals surface area contributed by atoms with Gasteiger partial charge in [0.1, 0.15) is 0 Å². The average Bonchev–Trinajstić information content (AvgIpc) is 2.40. The zero-order valence-corrected chi connectivity index (χ0v) is 11.7. The summed E-state index contributed by atoms with van der Waals surface area (Å²) in [5.74, 6) is -0.132. The van der Waals surface area contributed by atoms with E-state index in [9.17, 15) is 18.0 Å². The molecule has 0 aliphatic carbocycles. The molecule has 0 bridgehead atoms. The fourth-order valence-corrected chi connectivity index (χ4v) is 2.61. The van der Waals surface area contributed by atoms with Crippen LogP contribution in [-0.2, 0) is 17.5 Å². The van der Waals surface area contributed by atoms with E-state index in [1.54, 1.807) is 4.90 Å². The van der Waals surface area contributed by atoms with Crippen molar-refractivity contribution in [2.45, 2.75) is 32.1 Å². The maximum Gasteiger partial charge on any atom is 0.416 e. The van der Waals surface area contributed by atoms with Crippen LogP contribution >= 0.6 is 0 Å². The van der Waals surface area contributed by atoms with Crippen molar-refractivity contribution in [3.05, 3.63) is 29.3 Å². The molecule has 1 heterocycles. The lowest BCUT2D eigenvalue weighted by atomic mass is 10.0. The van der Waals surface area contributed by atoms with Gasteiger partial charge in [-0.25, -0.2) is 0 Å². The molecule has 21 heavy (non-hydrogen) atoms. The zero-order chi connectivity index (χ0) is 15.6. The molecule has 1 aromatic rings. The first-order valence-corrected chi connectivity index (χ1v) is 6.80. The molecule has 3 N–H and O–H groups in total. The molecule has 1 aliphatic heterocycles. The number of hydrogen-bond acceptors (Lipinski definition) is 3. The van der Waals surface area contributed by atoms with E-state index >= 15 is 0 Å². The lowest BCUT2D eigenvalue weighted by molar-refractivity contribution is -0.138. The molecule has 1 aromatic carbocycles. The molecule has 1 aliphatic rings. The van der Waals surface area contributed by atoms with E-state index in [0.717, 1.165) is 6.07 Å². The molecule has 0 spiro atoms. The van der Waals surface area contributed by atoms with Crippen LogP contribution in [0.15, 0.2) is 18.2 Å². The van der Waals surface area contributed by atoms with Crippen LogP contribution in [0.3, 0.4) is 0 Å². The summed E-state index contributed by atoms with van der Waals surface area (Å²) in [7, 11) is 0. The summed E-state index contributed by atoms with van der Waals surface area (Å²) in [4.78, 5) is 13.5. The molecule has 2 rings (SSSR count). The molecule has 1 unspecified atom stereocenters. The van der Waals surface area contributed by atoms with Gasteiger partial charge >= 0.3 is 6.18 Å². The first kappa shape index (κ1) is 15.6. The summed E-state index contributed by atoms with van der Waals surface area (Å²) in [5, 5.41) is 2.73. The summed E-state index contributed by atoms with van der Waals surface area (Å²) in [5.41, 5.74) is 4.94. The van der Waals surface area contributed by atoms with E-state index in [2.05, 4.69) is 5.32 Å². The Morgan fingerprint density at radius 3 is 2.76 bits per heavy atom. The topological polar surface area (TPSA) is 58.4 Å². The Morgan fingerprint density at radius 1 is 1.43 bits per heavy atom. The first-order valence-electron chi connectivity index (χ1n) is 6.80. The van der Waals surface area contributed by atoms with Gasteiger partial charge < -0.3 is 11.1 Å². The van der Waals surface area contributed by atoms with Gasteiger partial charge in [0.2, 0.25) is 5.91 Å². The molecule has 1 saturated heterocycles. The Hall–Kier alpha value is -1.76. The van der Waals surface area contributed by atoms with E-state index in [1.165, 1.54) is 12.1 Å². The minimum Gasteiger partial charge on any atom is -0.399 e. The predicted molar refractivity (Wildman–Crippen MR) is 73.4 cm³/mol. The lowest BCUT2D eigenvalue weighted by Crippen LogP contribution is -2.54. The molecule has 1 atom stereocenters. The van der Waals surface area contributed by atoms with E-state index in [4.69, 9.17) is 5.73 Å². The van der Waals surface area contributed by atoms with Crippen molar-refractivity contribution >= 4 is 11.6 Å². The quantitative estimate of drug-likeness (QED) is 0.840. The van der Waals surface area contributed by atoms with Crippen LogP contribution in [0, 0.1) is 0 Å². The zero-order valence-electron chi connectivity index (χ0n) is 11.7. The van der Waals surface area contributed by atoms with E-state index in [0.29, 0.717) is 19.5 Å². The Bertz CT molecular complexity index is 531. The number of carbonyl (C=O) groups is 1. The lowest BCUT2D eigenvalue weighted by Gasteiger charge is -2.35. The van der Waals surface area contributed by atoms with Crippen LogP contribution in [0.4, 0.5) is 18.9 Å². The number of amides is 1. The number of hydrogen-bond donors (Lipinski definition) is 2. The van der Waals surface area contributed by atoms with Crippen LogP contribution in [0.5, 0.6) is 0 Å². The SMILES string of the molecule is CCC1C(=O)NCCN1Cc1ccc(N)cc1C(F)(F)F. The number of rotatable bonds is 3. The highest BCUT2D eigenvalue weighted by atomic mass is 19.4. The summed E-state index contributed by atoms with van der Waals surface area (Å²) in [6, 6.07) is 3.39. The van der Waals surface area contributed by atoms with Gasteiger partial charge in [-0.15, -0.1) is 0 Å². The van der Waals surface area contributed by atoms with Gasteiger partial charge in [-0.3, -0.25) is 9.69 Å². The Morgan fingerprint density at radius 2 is 2.14 bits per heavy atom. The van der Waals surface area contributed by atoms with Crippen molar-refractivity contribution in [1.82, 2.24) is 10.2 Å². The number of nitrogens with zero attached hydrogens (tertiary/aromatic N) is 1. The second-order valence-electron chi connectivity index (χ2n) is 5.10. The molecule has 4 nitrogen and oxygen atoms in total. The Labute approximate surface area is 121 Å². The van der Waals surface area contributed by atoms with Crippen molar-refractivity contribution in [2.24, 2.45) is 0 Å². The maximum atomic E-state index is 13.1. The minimum atomic E-state index is -4.45. The minimum absolute atomic E-state index is 0.0782. The van der Waals surface area contributed by atoms with Crippen LogP contribution in [0.2, 0.25) is 0 Å². The van der Waals surface area contributed by atoms with Gasteiger partial charge in [0.15, 0.2) is 0 Å². The number of nitrogens with two attached hydrogens (primary N) is 1. The smallest absolute Gasteiger partial charge is 0.399 e. The second kappa shape index (κ2) is 5.93. The number of halogens is 3. The molecule has 116 valence electrons. The Kier molecular flexibility index (Phi) is 4.41. The third kappa shape index (κ3) is 3.47. The number of nitrogen functional groups attached to an aromatic ring is 1. The maximum absolute atomic E-state index is 13.1. The van der Waals surface area contributed by atoms with Gasteiger partial charge in [0, 0.05) is 25.3 Å². The summed E-state index contributed by atoms with van der Waals surface area (Å²) < 4.78 is 39.3. The Balaban J connectivity index is 2.28. The van der Waals surface area contributed by atoms with Gasteiger partial charge in [-0.1, -0.05) is 13.0 Å². The number of benzene rings is 1. The van der Waals surface area contributed by atoms with Crippen LogP contribution < -0.4 is 11.1 Å². The van der Waals surface area contributed by atoms with Gasteiger partial charge in [0.05, 0.1) is 11.6 Å². The third-order valence-electron chi connectivity index (χ3n) is 3.64. The number of alkyl halides is 3. The van der Waals surface area contributed by atoms with Crippen LogP contribution in [0.1, 0.15) is 24.5 Å². The predicted octanol–water partition coefficient (Wildman–Crippen LogP) is 2.00. The van der Waals surface area contributed by atoms with Crippen molar-refractivity contribution in [1.29, 1.82) is 0 Å². The molecule has 0 radical (unpaired) electrons. The van der Waals surface area contributed by atoms with Crippen molar-refractivity contribution in [3.8, 4) is 0 Å². The molecular weight excluding hydrogens is 283 g/mol. The molecule has 0 saturated carbocycles. The molecule has 0 aromatic heterocycles. The van der Waals surface area contributed by atoms with Crippen molar-refractivity contribution in [3.63, 3.8) is 0 Å². The van der Waals surface area contributed by atoms with Crippen molar-refractivity contribution < 1.29 is 18.0 Å². The summed E-state index contributed by atoms with van der Waals surface area (Å²) in [6.07, 6.45) is -3.90. The standard InChI is InChI=1S/C14H18F3N3O/c1-2-12-13(21)19-5-6-20(12)8-9-3-4-10(18)7-11(9)14(15,16)17/h3-4,7,12H,2,5-6,8,18H2,1H3,(H,19,21). The largest absolute Gasteiger partial charge is 0.416 e. The molecule has 1 amide bonds. The molecular formula is C14H18F3N3O. The fourth-order valence-electron chi connectivity index (χ4n) is 2.61. The van der Waals surface area contributed by atoms with Crippen LogP contribution in [-0.4, -0.2) is 29.9 Å². The second-order valence-corrected chi connectivity index (χ2v) is 5.10. The van der Waals surface area contributed by atoms with Crippen LogP contribution in [0.25, 0.3) is 0 Å². The third-order valence-corrected chi connectivity index (χ3v) is 3.64. The molecule has 1 fully saturated rings. The average molecular weight is 301 g/mol. The number of carbonyl (C=O) groups excluding carboxylic acids is 1. The highest BCUT2D eigenvalue weighted by molar-refractivity contribution is 5.82. The highest BCUT2D eigenvalue weighted by Gasteiger charge is 2.35.